The molecule has 2 fully saturated rings. The molecule has 1 aromatic rings. The van der Waals surface area contributed by atoms with Crippen LogP contribution in [0, 0.1) is 6.92 Å². The maximum absolute atomic E-state index is 5.79. The standard InChI is InChI=1S/C14H22N4O2/c1-11-16-12(13-10-15-3-7-20-13)9-14(17-11)18-4-2-6-19-8-5-18/h9,13,15H,2-8,10H2,1H3/t13-/m0/s1. The summed E-state index contributed by atoms with van der Waals surface area (Å²) in [5, 5.41) is 3.34. The van der Waals surface area contributed by atoms with E-state index in [1.807, 2.05) is 6.92 Å². The lowest BCUT2D eigenvalue weighted by molar-refractivity contribution is 0.0249. The van der Waals surface area contributed by atoms with Gasteiger partial charge in [0.25, 0.3) is 0 Å². The van der Waals surface area contributed by atoms with Gasteiger partial charge in [0.1, 0.15) is 17.7 Å². The largest absolute Gasteiger partial charge is 0.380 e. The van der Waals surface area contributed by atoms with Gasteiger partial charge in [-0.05, 0) is 13.3 Å². The molecule has 20 heavy (non-hydrogen) atoms. The molecule has 2 saturated heterocycles. The smallest absolute Gasteiger partial charge is 0.132 e. The minimum Gasteiger partial charge on any atom is -0.380 e. The molecule has 2 aliphatic heterocycles. The Balaban J connectivity index is 1.81. The Morgan fingerprint density at radius 2 is 2.20 bits per heavy atom. The summed E-state index contributed by atoms with van der Waals surface area (Å²) in [6.07, 6.45) is 1.08. The van der Waals surface area contributed by atoms with Crippen molar-refractivity contribution in [3.63, 3.8) is 0 Å². The third-order valence-electron chi connectivity index (χ3n) is 3.65. The Labute approximate surface area is 119 Å². The Morgan fingerprint density at radius 3 is 3.05 bits per heavy atom. The molecular formula is C14H22N4O2. The molecule has 0 aliphatic carbocycles. The number of hydrogen-bond donors (Lipinski definition) is 1. The van der Waals surface area contributed by atoms with E-state index in [1.54, 1.807) is 0 Å². The molecule has 0 amide bonds. The van der Waals surface area contributed by atoms with Gasteiger partial charge in [0.05, 0.1) is 18.9 Å². The zero-order chi connectivity index (χ0) is 13.8. The van der Waals surface area contributed by atoms with E-state index in [4.69, 9.17) is 9.47 Å². The van der Waals surface area contributed by atoms with Crippen molar-refractivity contribution in [1.82, 2.24) is 15.3 Å². The van der Waals surface area contributed by atoms with Gasteiger partial charge in [0.15, 0.2) is 0 Å². The molecule has 110 valence electrons. The van der Waals surface area contributed by atoms with Crippen LogP contribution in [-0.4, -0.2) is 56.0 Å². The predicted molar refractivity (Wildman–Crippen MR) is 76.0 cm³/mol. The summed E-state index contributed by atoms with van der Waals surface area (Å²) in [4.78, 5) is 11.4. The average molecular weight is 278 g/mol. The molecule has 0 radical (unpaired) electrons. The summed E-state index contributed by atoms with van der Waals surface area (Å²) in [6.45, 7) is 7.89. The normalized spacial score (nSPS) is 24.4. The van der Waals surface area contributed by atoms with Crippen molar-refractivity contribution in [2.45, 2.75) is 19.4 Å². The summed E-state index contributed by atoms with van der Waals surface area (Å²) in [6, 6.07) is 2.07. The predicted octanol–water partition coefficient (Wildman–Crippen LogP) is 0.673. The second-order valence-corrected chi connectivity index (χ2v) is 5.21. The number of hydrogen-bond acceptors (Lipinski definition) is 6. The Morgan fingerprint density at radius 1 is 1.25 bits per heavy atom. The summed E-state index contributed by atoms with van der Waals surface area (Å²) in [5.41, 5.74) is 0.977. The maximum Gasteiger partial charge on any atom is 0.132 e. The van der Waals surface area contributed by atoms with Gasteiger partial charge in [-0.15, -0.1) is 0 Å². The molecule has 3 heterocycles. The van der Waals surface area contributed by atoms with Gasteiger partial charge in [0.2, 0.25) is 0 Å². The van der Waals surface area contributed by atoms with E-state index in [-0.39, 0.29) is 6.10 Å². The molecule has 6 nitrogen and oxygen atoms in total. The van der Waals surface area contributed by atoms with Crippen LogP contribution in [0.25, 0.3) is 0 Å². The van der Waals surface area contributed by atoms with Crippen LogP contribution >= 0.6 is 0 Å². The zero-order valence-electron chi connectivity index (χ0n) is 12.0. The number of ether oxygens (including phenoxy) is 2. The van der Waals surface area contributed by atoms with E-state index in [0.717, 1.165) is 69.8 Å². The first-order valence-electron chi connectivity index (χ1n) is 7.33. The first-order chi connectivity index (χ1) is 9.83. The van der Waals surface area contributed by atoms with Crippen LogP contribution in [0.3, 0.4) is 0 Å². The molecule has 0 aromatic carbocycles. The highest BCUT2D eigenvalue weighted by atomic mass is 16.5. The van der Waals surface area contributed by atoms with Crippen molar-refractivity contribution < 1.29 is 9.47 Å². The minimum atomic E-state index is 0.0347. The molecule has 1 N–H and O–H groups in total. The number of morpholine rings is 1. The zero-order valence-corrected chi connectivity index (χ0v) is 12.0. The molecule has 3 rings (SSSR count). The van der Waals surface area contributed by atoms with Crippen LogP contribution in [0.15, 0.2) is 6.07 Å². The lowest BCUT2D eigenvalue weighted by atomic mass is 10.2. The fourth-order valence-electron chi connectivity index (χ4n) is 2.63. The van der Waals surface area contributed by atoms with Gasteiger partial charge in [-0.25, -0.2) is 9.97 Å². The third kappa shape index (κ3) is 3.26. The second-order valence-electron chi connectivity index (χ2n) is 5.21. The highest BCUT2D eigenvalue weighted by Crippen LogP contribution is 2.22. The van der Waals surface area contributed by atoms with Crippen LogP contribution in [0.1, 0.15) is 24.0 Å². The molecule has 0 saturated carbocycles. The van der Waals surface area contributed by atoms with E-state index in [1.165, 1.54) is 0 Å². The Hall–Kier alpha value is -1.24. The molecule has 1 atom stereocenters. The van der Waals surface area contributed by atoms with E-state index >= 15 is 0 Å². The Bertz CT molecular complexity index is 441. The quantitative estimate of drug-likeness (QED) is 0.858. The van der Waals surface area contributed by atoms with Crippen molar-refractivity contribution >= 4 is 5.82 Å². The number of rotatable bonds is 2. The lowest BCUT2D eigenvalue weighted by Crippen LogP contribution is -2.34. The average Bonchev–Trinajstić information content (AvgIpc) is 2.77. The van der Waals surface area contributed by atoms with Crippen molar-refractivity contribution in [3.05, 3.63) is 17.6 Å². The highest BCUT2D eigenvalue weighted by molar-refractivity contribution is 5.40. The van der Waals surface area contributed by atoms with E-state index in [9.17, 15) is 0 Å². The van der Waals surface area contributed by atoms with Gasteiger partial charge in [0, 0.05) is 38.9 Å². The fourth-order valence-corrected chi connectivity index (χ4v) is 2.63. The molecule has 0 unspecified atom stereocenters. The van der Waals surface area contributed by atoms with Crippen LogP contribution in [-0.2, 0) is 9.47 Å². The van der Waals surface area contributed by atoms with Gasteiger partial charge < -0.3 is 19.7 Å². The molecule has 1 aromatic heterocycles. The first-order valence-corrected chi connectivity index (χ1v) is 7.33. The molecular weight excluding hydrogens is 256 g/mol. The first kappa shape index (κ1) is 13.7. The van der Waals surface area contributed by atoms with Gasteiger partial charge in [-0.2, -0.15) is 0 Å². The van der Waals surface area contributed by atoms with Crippen LogP contribution in [0.4, 0.5) is 5.82 Å². The third-order valence-corrected chi connectivity index (χ3v) is 3.65. The van der Waals surface area contributed by atoms with Crippen molar-refractivity contribution in [2.24, 2.45) is 0 Å². The van der Waals surface area contributed by atoms with Crippen LogP contribution in [0.5, 0.6) is 0 Å². The summed E-state index contributed by atoms with van der Waals surface area (Å²) >= 11 is 0. The fraction of sp³-hybridized carbons (Fsp3) is 0.714. The topological polar surface area (TPSA) is 59.5 Å². The SMILES string of the molecule is Cc1nc([C@@H]2CNCCO2)cc(N2CCCOCC2)n1. The highest BCUT2D eigenvalue weighted by Gasteiger charge is 2.20. The van der Waals surface area contributed by atoms with Gasteiger partial charge in [-0.1, -0.05) is 0 Å². The number of nitrogens with one attached hydrogen (secondary N) is 1. The number of anilines is 1. The second kappa shape index (κ2) is 6.47. The summed E-state index contributed by atoms with van der Waals surface area (Å²) in [7, 11) is 0. The van der Waals surface area contributed by atoms with Crippen LogP contribution in [0.2, 0.25) is 0 Å². The van der Waals surface area contributed by atoms with E-state index in [2.05, 4.69) is 26.3 Å². The molecule has 2 aliphatic rings. The molecule has 0 spiro atoms. The van der Waals surface area contributed by atoms with Crippen LogP contribution < -0.4 is 10.2 Å². The summed E-state index contributed by atoms with van der Waals surface area (Å²) in [5.74, 6) is 1.80. The van der Waals surface area contributed by atoms with Gasteiger partial charge >= 0.3 is 0 Å². The van der Waals surface area contributed by atoms with Crippen molar-refractivity contribution in [1.29, 1.82) is 0 Å². The van der Waals surface area contributed by atoms with Crippen molar-refractivity contribution in [3.8, 4) is 0 Å². The number of aromatic nitrogens is 2. The minimum absolute atomic E-state index is 0.0347. The maximum atomic E-state index is 5.79. The molecule has 0 bridgehead atoms. The van der Waals surface area contributed by atoms with Crippen molar-refractivity contribution in [2.75, 3.05) is 50.9 Å². The van der Waals surface area contributed by atoms with E-state index < -0.39 is 0 Å². The van der Waals surface area contributed by atoms with Gasteiger partial charge in [-0.3, -0.25) is 0 Å². The number of aryl methyl sites for hydroxylation is 1. The summed E-state index contributed by atoms with van der Waals surface area (Å²) < 4.78 is 11.3. The monoisotopic (exact) mass is 278 g/mol. The number of nitrogens with zero attached hydrogens (tertiary/aromatic N) is 3. The Kier molecular flexibility index (Phi) is 4.44. The lowest BCUT2D eigenvalue weighted by Gasteiger charge is -2.26. The van der Waals surface area contributed by atoms with E-state index in [0.29, 0.717) is 0 Å². The molecule has 6 heteroatoms.